The van der Waals surface area contributed by atoms with Crippen molar-refractivity contribution >= 4 is 15.9 Å². The number of alkyl halides is 3. The number of hydrogen-bond acceptors (Lipinski definition) is 4. The molecule has 1 N–H and O–H groups in total. The molecule has 1 aromatic carbocycles. The van der Waals surface area contributed by atoms with Gasteiger partial charge in [0.15, 0.2) is 0 Å². The number of nitrogens with zero attached hydrogens (tertiary/aromatic N) is 2. The van der Waals surface area contributed by atoms with Crippen molar-refractivity contribution in [2.45, 2.75) is 36.9 Å². The van der Waals surface area contributed by atoms with E-state index in [2.05, 4.69) is 5.32 Å². The van der Waals surface area contributed by atoms with Crippen molar-refractivity contribution in [3.05, 3.63) is 29.8 Å². The Kier molecular flexibility index (Phi) is 6.02. The molecule has 156 valence electrons. The number of benzene rings is 1. The maximum atomic E-state index is 13.2. The predicted octanol–water partition coefficient (Wildman–Crippen LogP) is 1.93. The molecule has 1 saturated carbocycles. The molecule has 6 nitrogen and oxygen atoms in total. The van der Waals surface area contributed by atoms with Crippen LogP contribution in [0.2, 0.25) is 0 Å². The molecule has 2 aliphatic rings. The average Bonchev–Trinajstić information content (AvgIpc) is 3.46. The molecule has 0 unspecified atom stereocenters. The van der Waals surface area contributed by atoms with Crippen LogP contribution in [0.5, 0.6) is 0 Å². The van der Waals surface area contributed by atoms with E-state index in [1.165, 1.54) is 12.1 Å². The molecule has 1 saturated heterocycles. The van der Waals surface area contributed by atoms with E-state index in [9.17, 15) is 26.4 Å². The second-order valence-corrected chi connectivity index (χ2v) is 9.27. The SMILES string of the molecule is C[C@H](NC(=O)CN1CCN(S(=O)(=O)c2ccccc2C(F)(F)F)CC1)C1CC1. The molecule has 28 heavy (non-hydrogen) atoms. The van der Waals surface area contributed by atoms with Crippen molar-refractivity contribution in [2.24, 2.45) is 5.92 Å². The van der Waals surface area contributed by atoms with Crippen LogP contribution in [0.1, 0.15) is 25.3 Å². The number of piperazine rings is 1. The zero-order chi connectivity index (χ0) is 20.5. The van der Waals surface area contributed by atoms with Gasteiger partial charge in [-0.05, 0) is 37.8 Å². The molecular formula is C18H24F3N3O3S. The number of nitrogens with one attached hydrogen (secondary N) is 1. The van der Waals surface area contributed by atoms with Crippen LogP contribution in [-0.2, 0) is 21.0 Å². The average molecular weight is 419 g/mol. The molecule has 1 aromatic rings. The molecule has 1 aliphatic heterocycles. The Morgan fingerprint density at radius 3 is 2.36 bits per heavy atom. The van der Waals surface area contributed by atoms with Crippen molar-refractivity contribution in [3.8, 4) is 0 Å². The number of halogens is 3. The Labute approximate surface area is 162 Å². The molecule has 10 heteroatoms. The van der Waals surface area contributed by atoms with E-state index in [4.69, 9.17) is 0 Å². The van der Waals surface area contributed by atoms with Gasteiger partial charge in [-0.3, -0.25) is 9.69 Å². The van der Waals surface area contributed by atoms with Gasteiger partial charge in [0, 0.05) is 32.2 Å². The Morgan fingerprint density at radius 1 is 1.18 bits per heavy atom. The van der Waals surface area contributed by atoms with Gasteiger partial charge in [0.1, 0.15) is 0 Å². The standard InChI is InChI=1S/C18H24F3N3O3S/c1-13(14-6-7-14)22-17(25)12-23-8-10-24(11-9-23)28(26,27)16-5-3-2-4-15(16)18(19,20)21/h2-5,13-14H,6-12H2,1H3,(H,22,25)/t13-/m0/s1. The highest BCUT2D eigenvalue weighted by atomic mass is 32.2. The topological polar surface area (TPSA) is 69.7 Å². The van der Waals surface area contributed by atoms with E-state index in [0.29, 0.717) is 19.0 Å². The van der Waals surface area contributed by atoms with Gasteiger partial charge in [-0.25, -0.2) is 8.42 Å². The summed E-state index contributed by atoms with van der Waals surface area (Å²) in [7, 11) is -4.26. The largest absolute Gasteiger partial charge is 0.417 e. The minimum Gasteiger partial charge on any atom is -0.352 e. The summed E-state index contributed by atoms with van der Waals surface area (Å²) >= 11 is 0. The fourth-order valence-corrected chi connectivity index (χ4v) is 5.04. The maximum absolute atomic E-state index is 13.2. The fraction of sp³-hybridized carbons (Fsp3) is 0.611. The van der Waals surface area contributed by atoms with Gasteiger partial charge < -0.3 is 5.32 Å². The first-order valence-electron chi connectivity index (χ1n) is 9.27. The van der Waals surface area contributed by atoms with E-state index in [0.717, 1.165) is 29.3 Å². The van der Waals surface area contributed by atoms with Crippen molar-refractivity contribution in [1.82, 2.24) is 14.5 Å². The number of carbonyl (C=O) groups excluding carboxylic acids is 1. The molecule has 0 spiro atoms. The number of rotatable bonds is 6. The maximum Gasteiger partial charge on any atom is 0.417 e. The Balaban J connectivity index is 1.60. The third-order valence-corrected chi connectivity index (χ3v) is 7.18. The van der Waals surface area contributed by atoms with Gasteiger partial charge in [0.05, 0.1) is 17.0 Å². The van der Waals surface area contributed by atoms with E-state index >= 15 is 0 Å². The van der Waals surface area contributed by atoms with E-state index < -0.39 is 26.7 Å². The summed E-state index contributed by atoms with van der Waals surface area (Å²) in [5.74, 6) is 0.428. The lowest BCUT2D eigenvalue weighted by Crippen LogP contribution is -2.51. The molecule has 1 amide bonds. The van der Waals surface area contributed by atoms with Gasteiger partial charge in [-0.1, -0.05) is 12.1 Å². The highest BCUT2D eigenvalue weighted by molar-refractivity contribution is 7.89. The van der Waals surface area contributed by atoms with Crippen LogP contribution in [0, 0.1) is 5.92 Å². The molecule has 1 atom stereocenters. The molecule has 3 rings (SSSR count). The van der Waals surface area contributed by atoms with Gasteiger partial charge >= 0.3 is 6.18 Å². The van der Waals surface area contributed by atoms with Crippen LogP contribution < -0.4 is 5.32 Å². The Bertz CT molecular complexity index is 817. The third-order valence-electron chi connectivity index (χ3n) is 5.23. The van der Waals surface area contributed by atoms with Crippen LogP contribution in [0.4, 0.5) is 13.2 Å². The summed E-state index contributed by atoms with van der Waals surface area (Å²) < 4.78 is 66.1. The highest BCUT2D eigenvalue weighted by Crippen LogP contribution is 2.35. The van der Waals surface area contributed by atoms with Crippen molar-refractivity contribution in [3.63, 3.8) is 0 Å². The summed E-state index contributed by atoms with van der Waals surface area (Å²) in [4.78, 5) is 13.2. The summed E-state index contributed by atoms with van der Waals surface area (Å²) in [5, 5.41) is 2.94. The summed E-state index contributed by atoms with van der Waals surface area (Å²) in [6, 6.07) is 4.34. The monoisotopic (exact) mass is 419 g/mol. The zero-order valence-electron chi connectivity index (χ0n) is 15.6. The molecule has 0 radical (unpaired) electrons. The van der Waals surface area contributed by atoms with Crippen LogP contribution in [-0.4, -0.2) is 62.3 Å². The molecule has 1 heterocycles. The minimum absolute atomic E-state index is 0.0417. The summed E-state index contributed by atoms with van der Waals surface area (Å²) in [6.07, 6.45) is -2.50. The number of amides is 1. The van der Waals surface area contributed by atoms with Crippen molar-refractivity contribution in [2.75, 3.05) is 32.7 Å². The summed E-state index contributed by atoms with van der Waals surface area (Å²) in [5.41, 5.74) is -1.16. The fourth-order valence-electron chi connectivity index (χ4n) is 3.41. The lowest BCUT2D eigenvalue weighted by Gasteiger charge is -2.34. The van der Waals surface area contributed by atoms with Crippen LogP contribution in [0.3, 0.4) is 0 Å². The lowest BCUT2D eigenvalue weighted by molar-refractivity contribution is -0.140. The highest BCUT2D eigenvalue weighted by Gasteiger charge is 2.39. The van der Waals surface area contributed by atoms with Crippen LogP contribution >= 0.6 is 0 Å². The second kappa shape index (κ2) is 8.00. The zero-order valence-corrected chi connectivity index (χ0v) is 16.4. The molecule has 0 bridgehead atoms. The first-order valence-corrected chi connectivity index (χ1v) is 10.7. The Hall–Kier alpha value is -1.65. The Morgan fingerprint density at radius 2 is 1.79 bits per heavy atom. The molecule has 2 fully saturated rings. The van der Waals surface area contributed by atoms with Crippen LogP contribution in [0.25, 0.3) is 0 Å². The quantitative estimate of drug-likeness (QED) is 0.765. The van der Waals surface area contributed by atoms with E-state index in [1.807, 2.05) is 11.8 Å². The minimum atomic E-state index is -4.75. The first kappa shape index (κ1) is 21.1. The third kappa shape index (κ3) is 4.84. The van der Waals surface area contributed by atoms with Crippen molar-refractivity contribution in [1.29, 1.82) is 0 Å². The van der Waals surface area contributed by atoms with Gasteiger partial charge in [0.2, 0.25) is 15.9 Å². The van der Waals surface area contributed by atoms with E-state index in [1.54, 1.807) is 0 Å². The van der Waals surface area contributed by atoms with E-state index in [-0.39, 0.29) is 31.6 Å². The molecule has 1 aliphatic carbocycles. The van der Waals surface area contributed by atoms with Gasteiger partial charge in [0.25, 0.3) is 0 Å². The van der Waals surface area contributed by atoms with Crippen LogP contribution in [0.15, 0.2) is 29.2 Å². The smallest absolute Gasteiger partial charge is 0.352 e. The number of hydrogen-bond donors (Lipinski definition) is 1. The number of carbonyl (C=O) groups is 1. The predicted molar refractivity (Wildman–Crippen MR) is 97.0 cm³/mol. The first-order chi connectivity index (χ1) is 13.1. The lowest BCUT2D eigenvalue weighted by atomic mass is 10.2. The normalized spacial score (nSPS) is 20.7. The second-order valence-electron chi connectivity index (χ2n) is 7.37. The van der Waals surface area contributed by atoms with Crippen molar-refractivity contribution < 1.29 is 26.4 Å². The van der Waals surface area contributed by atoms with Gasteiger partial charge in [-0.15, -0.1) is 0 Å². The van der Waals surface area contributed by atoms with Gasteiger partial charge in [-0.2, -0.15) is 17.5 Å². The molecule has 0 aromatic heterocycles. The molecular weight excluding hydrogens is 395 g/mol. The number of sulfonamides is 1. The summed E-state index contributed by atoms with van der Waals surface area (Å²) in [6.45, 7) is 2.79.